The zero-order valence-corrected chi connectivity index (χ0v) is 8.69. The summed E-state index contributed by atoms with van der Waals surface area (Å²) in [5.74, 6) is 0.709. The molecule has 1 aromatic rings. The van der Waals surface area contributed by atoms with Crippen molar-refractivity contribution in [3.05, 3.63) is 42.8 Å². The molecule has 1 fully saturated rings. The van der Waals surface area contributed by atoms with E-state index >= 15 is 0 Å². The summed E-state index contributed by atoms with van der Waals surface area (Å²) in [5.41, 5.74) is 0.623. The van der Waals surface area contributed by atoms with Crippen molar-refractivity contribution in [2.24, 2.45) is 11.8 Å². The number of hydrogen-bond acceptors (Lipinski definition) is 2. The van der Waals surface area contributed by atoms with Gasteiger partial charge in [-0.15, -0.1) is 0 Å². The normalized spacial score (nSPS) is 24.3. The van der Waals surface area contributed by atoms with Gasteiger partial charge in [0.15, 0.2) is 0 Å². The molecule has 2 nitrogen and oxygen atoms in total. The first-order valence-electron chi connectivity index (χ1n) is 5.32. The Bertz CT molecular complexity index is 332. The molecule has 0 bridgehead atoms. The maximum absolute atomic E-state index is 11.6. The lowest BCUT2D eigenvalue weighted by Gasteiger charge is -2.32. The average Bonchev–Trinajstić information content (AvgIpc) is 2.28. The van der Waals surface area contributed by atoms with E-state index in [0.717, 1.165) is 12.8 Å². The Morgan fingerprint density at radius 2 is 2.07 bits per heavy atom. The van der Waals surface area contributed by atoms with Gasteiger partial charge in [0.25, 0.3) is 0 Å². The zero-order chi connectivity index (χ0) is 10.7. The van der Waals surface area contributed by atoms with Crippen LogP contribution in [0.5, 0.6) is 0 Å². The molecule has 15 heavy (non-hydrogen) atoms. The van der Waals surface area contributed by atoms with E-state index in [1.165, 1.54) is 0 Å². The van der Waals surface area contributed by atoms with Gasteiger partial charge in [0, 0.05) is 0 Å². The standard InChI is InChI=1S/C13H15O2/c1-10-7-8-12(10)9-15-13(14)11-5-3-2-4-6-11/h2-6,10,12H,1,7-9H2. The van der Waals surface area contributed by atoms with Crippen molar-refractivity contribution in [1.29, 1.82) is 0 Å². The molecule has 0 N–H and O–H groups in total. The molecule has 0 aliphatic heterocycles. The van der Waals surface area contributed by atoms with Gasteiger partial charge < -0.3 is 4.74 Å². The van der Waals surface area contributed by atoms with Crippen LogP contribution in [0.4, 0.5) is 0 Å². The van der Waals surface area contributed by atoms with Gasteiger partial charge in [-0.1, -0.05) is 18.2 Å². The molecule has 2 rings (SSSR count). The summed E-state index contributed by atoms with van der Waals surface area (Å²) in [7, 11) is 0. The SMILES string of the molecule is [CH2]C1CCC1COC(=O)c1ccccc1. The minimum Gasteiger partial charge on any atom is -0.462 e. The highest BCUT2D eigenvalue weighted by Gasteiger charge is 2.27. The van der Waals surface area contributed by atoms with Gasteiger partial charge in [0.2, 0.25) is 0 Å². The van der Waals surface area contributed by atoms with Gasteiger partial charge in [0.05, 0.1) is 12.2 Å². The van der Waals surface area contributed by atoms with Gasteiger partial charge in [-0.05, 0) is 43.7 Å². The fraction of sp³-hybridized carbons (Fsp3) is 0.385. The van der Waals surface area contributed by atoms with E-state index in [-0.39, 0.29) is 5.97 Å². The molecule has 0 heterocycles. The van der Waals surface area contributed by atoms with Gasteiger partial charge in [-0.2, -0.15) is 0 Å². The van der Waals surface area contributed by atoms with Crippen LogP contribution < -0.4 is 0 Å². The molecule has 1 radical (unpaired) electrons. The third-order valence-corrected chi connectivity index (χ3v) is 3.01. The van der Waals surface area contributed by atoms with Crippen LogP contribution in [-0.2, 0) is 4.74 Å². The van der Waals surface area contributed by atoms with Crippen LogP contribution in [0.15, 0.2) is 30.3 Å². The van der Waals surface area contributed by atoms with E-state index in [1.54, 1.807) is 12.1 Å². The third kappa shape index (κ3) is 2.38. The monoisotopic (exact) mass is 203 g/mol. The van der Waals surface area contributed by atoms with Gasteiger partial charge in [0.1, 0.15) is 0 Å². The van der Waals surface area contributed by atoms with Crippen LogP contribution >= 0.6 is 0 Å². The molecular formula is C13H15O2. The smallest absolute Gasteiger partial charge is 0.338 e. The highest BCUT2D eigenvalue weighted by atomic mass is 16.5. The van der Waals surface area contributed by atoms with Crippen LogP contribution in [0.25, 0.3) is 0 Å². The van der Waals surface area contributed by atoms with Crippen LogP contribution in [0, 0.1) is 18.8 Å². The van der Waals surface area contributed by atoms with Gasteiger partial charge >= 0.3 is 5.97 Å². The van der Waals surface area contributed by atoms with Crippen LogP contribution in [0.2, 0.25) is 0 Å². The fourth-order valence-corrected chi connectivity index (χ4v) is 1.70. The predicted molar refractivity (Wildman–Crippen MR) is 58.3 cm³/mol. The minimum atomic E-state index is -0.227. The molecule has 0 spiro atoms. The lowest BCUT2D eigenvalue weighted by Crippen LogP contribution is -2.28. The van der Waals surface area contributed by atoms with Crippen molar-refractivity contribution in [3.8, 4) is 0 Å². The molecular weight excluding hydrogens is 188 g/mol. The highest BCUT2D eigenvalue weighted by Crippen LogP contribution is 2.33. The Morgan fingerprint density at radius 1 is 1.33 bits per heavy atom. The summed E-state index contributed by atoms with van der Waals surface area (Å²) in [6.07, 6.45) is 2.30. The van der Waals surface area contributed by atoms with Crippen molar-refractivity contribution in [2.45, 2.75) is 12.8 Å². The summed E-state index contributed by atoms with van der Waals surface area (Å²) in [6, 6.07) is 9.10. The second-order valence-corrected chi connectivity index (χ2v) is 4.06. The Hall–Kier alpha value is -1.31. The van der Waals surface area contributed by atoms with Crippen LogP contribution in [0.3, 0.4) is 0 Å². The second-order valence-electron chi connectivity index (χ2n) is 4.06. The number of carbonyl (C=O) groups is 1. The van der Waals surface area contributed by atoms with Crippen molar-refractivity contribution < 1.29 is 9.53 Å². The van der Waals surface area contributed by atoms with E-state index in [1.807, 2.05) is 18.2 Å². The number of ether oxygens (including phenoxy) is 1. The van der Waals surface area contributed by atoms with E-state index in [2.05, 4.69) is 6.92 Å². The first kappa shape index (κ1) is 10.2. The van der Waals surface area contributed by atoms with Crippen LogP contribution in [-0.4, -0.2) is 12.6 Å². The molecule has 1 aliphatic rings. The fourth-order valence-electron chi connectivity index (χ4n) is 1.70. The van der Waals surface area contributed by atoms with Crippen molar-refractivity contribution in [2.75, 3.05) is 6.61 Å². The maximum Gasteiger partial charge on any atom is 0.338 e. The second kappa shape index (κ2) is 4.47. The number of rotatable bonds is 3. The molecule has 0 amide bonds. The lowest BCUT2D eigenvalue weighted by molar-refractivity contribution is 0.0298. The number of esters is 1. The maximum atomic E-state index is 11.6. The van der Waals surface area contributed by atoms with Crippen LogP contribution in [0.1, 0.15) is 23.2 Å². The van der Waals surface area contributed by atoms with E-state index in [9.17, 15) is 4.79 Å². The molecule has 2 unspecified atom stereocenters. The Balaban J connectivity index is 1.83. The third-order valence-electron chi connectivity index (χ3n) is 3.01. The number of benzene rings is 1. The quantitative estimate of drug-likeness (QED) is 0.706. The average molecular weight is 203 g/mol. The molecule has 2 atom stereocenters. The van der Waals surface area contributed by atoms with Gasteiger partial charge in [-0.3, -0.25) is 0 Å². The summed E-state index contributed by atoms with van der Waals surface area (Å²) in [6.45, 7) is 4.50. The zero-order valence-electron chi connectivity index (χ0n) is 8.69. The molecule has 79 valence electrons. The summed E-state index contributed by atoms with van der Waals surface area (Å²) >= 11 is 0. The highest BCUT2D eigenvalue weighted by molar-refractivity contribution is 5.89. The number of hydrogen-bond donors (Lipinski definition) is 0. The van der Waals surface area contributed by atoms with E-state index in [4.69, 9.17) is 4.74 Å². The first-order chi connectivity index (χ1) is 7.27. The molecule has 0 aromatic heterocycles. The topological polar surface area (TPSA) is 26.3 Å². The molecule has 1 aliphatic carbocycles. The van der Waals surface area contributed by atoms with Gasteiger partial charge in [-0.25, -0.2) is 4.79 Å². The Morgan fingerprint density at radius 3 is 2.60 bits per heavy atom. The lowest BCUT2D eigenvalue weighted by atomic mass is 9.75. The summed E-state index contributed by atoms with van der Waals surface area (Å²) < 4.78 is 5.22. The Labute approximate surface area is 90.3 Å². The minimum absolute atomic E-state index is 0.227. The molecule has 1 saturated carbocycles. The van der Waals surface area contributed by atoms with E-state index < -0.39 is 0 Å². The Kier molecular flexibility index (Phi) is 3.05. The first-order valence-corrected chi connectivity index (χ1v) is 5.32. The molecule has 2 heteroatoms. The molecule has 1 aromatic carbocycles. The largest absolute Gasteiger partial charge is 0.462 e. The van der Waals surface area contributed by atoms with Crippen molar-refractivity contribution in [3.63, 3.8) is 0 Å². The summed E-state index contributed by atoms with van der Waals surface area (Å²) in [5, 5.41) is 0. The van der Waals surface area contributed by atoms with Crippen molar-refractivity contribution in [1.82, 2.24) is 0 Å². The van der Waals surface area contributed by atoms with E-state index in [0.29, 0.717) is 24.0 Å². The number of carbonyl (C=O) groups excluding carboxylic acids is 1. The van der Waals surface area contributed by atoms with Crippen molar-refractivity contribution >= 4 is 5.97 Å². The molecule has 0 saturated heterocycles. The predicted octanol–water partition coefficient (Wildman–Crippen LogP) is 2.70. The summed E-state index contributed by atoms with van der Waals surface area (Å²) in [4.78, 5) is 11.6.